The molecule has 7 nitrogen and oxygen atoms in total. The van der Waals surface area contributed by atoms with Crippen molar-refractivity contribution in [1.82, 2.24) is 15.1 Å². The molecule has 0 aromatic carbocycles. The van der Waals surface area contributed by atoms with Gasteiger partial charge in [-0.25, -0.2) is 4.68 Å². The highest BCUT2D eigenvalue weighted by Crippen LogP contribution is 2.38. The predicted octanol–water partition coefficient (Wildman–Crippen LogP) is 0.153. The van der Waals surface area contributed by atoms with Crippen LogP contribution in [0, 0.1) is 5.41 Å². The van der Waals surface area contributed by atoms with E-state index in [0.29, 0.717) is 12.8 Å². The molecule has 1 aromatic heterocycles. The van der Waals surface area contributed by atoms with Crippen molar-refractivity contribution in [2.75, 3.05) is 0 Å². The molecule has 1 fully saturated rings. The minimum Gasteiger partial charge on any atom is -0.481 e. The molecular weight excluding hydrogens is 262 g/mol. The summed E-state index contributed by atoms with van der Waals surface area (Å²) in [6.07, 6.45) is 1.92. The molecule has 2 rings (SSSR count). The maximum Gasteiger partial charge on any atom is 0.311 e. The molecule has 0 aliphatic heterocycles. The zero-order valence-electron chi connectivity index (χ0n) is 11.4. The van der Waals surface area contributed by atoms with Gasteiger partial charge in [0.1, 0.15) is 5.69 Å². The second kappa shape index (κ2) is 5.07. The van der Waals surface area contributed by atoms with Crippen LogP contribution in [0.3, 0.4) is 0 Å². The summed E-state index contributed by atoms with van der Waals surface area (Å²) in [5.74, 6) is -1.37. The number of hydrogen-bond donors (Lipinski definition) is 2. The Balaban J connectivity index is 2.17. The molecule has 20 heavy (non-hydrogen) atoms. The normalized spacial score (nSPS) is 25.4. The maximum absolute atomic E-state index is 12.1. The lowest BCUT2D eigenvalue weighted by Crippen LogP contribution is -2.47. The molecule has 1 aliphatic rings. The number of aliphatic carboxylic acids is 1. The van der Waals surface area contributed by atoms with Crippen LogP contribution in [0.4, 0.5) is 0 Å². The smallest absolute Gasteiger partial charge is 0.311 e. The number of carbonyl (C=O) groups excluding carboxylic acids is 1. The fraction of sp³-hybridized carbons (Fsp3) is 0.538. The van der Waals surface area contributed by atoms with E-state index in [2.05, 4.69) is 10.4 Å². The summed E-state index contributed by atoms with van der Waals surface area (Å²) >= 11 is 0. The lowest BCUT2D eigenvalue weighted by Gasteiger charge is -2.27. The van der Waals surface area contributed by atoms with Gasteiger partial charge in [-0.15, -0.1) is 0 Å². The Hall–Kier alpha value is -2.18. The quantitative estimate of drug-likeness (QED) is 0.820. The predicted molar refractivity (Wildman–Crippen MR) is 70.3 cm³/mol. The molecule has 1 amide bonds. The summed E-state index contributed by atoms with van der Waals surface area (Å²) in [4.78, 5) is 34.7. The van der Waals surface area contributed by atoms with Crippen molar-refractivity contribution >= 4 is 11.9 Å². The minimum absolute atomic E-state index is 0.103. The Bertz CT molecular complexity index is 610. The standard InChI is InChI=1S/C13H17N3O4/c1-13(12(19)20)7-3-4-9(13)14-11(18)8-5-6-10(17)16(2)15-8/h5-6,9H,3-4,7H2,1-2H3,(H,14,18)(H,19,20). The average Bonchev–Trinajstić information content (AvgIpc) is 2.75. The average molecular weight is 279 g/mol. The first-order valence-corrected chi connectivity index (χ1v) is 6.43. The Kier molecular flexibility index (Phi) is 3.61. The van der Waals surface area contributed by atoms with E-state index in [1.165, 1.54) is 19.2 Å². The van der Waals surface area contributed by atoms with Crippen LogP contribution in [0.2, 0.25) is 0 Å². The number of nitrogens with zero attached hydrogens (tertiary/aromatic N) is 2. The van der Waals surface area contributed by atoms with Gasteiger partial charge in [0.15, 0.2) is 0 Å². The van der Waals surface area contributed by atoms with Crippen LogP contribution >= 0.6 is 0 Å². The van der Waals surface area contributed by atoms with E-state index >= 15 is 0 Å². The highest BCUT2D eigenvalue weighted by molar-refractivity contribution is 5.92. The van der Waals surface area contributed by atoms with Gasteiger partial charge in [-0.2, -0.15) is 5.10 Å². The topological polar surface area (TPSA) is 101 Å². The lowest BCUT2D eigenvalue weighted by atomic mass is 9.85. The molecule has 1 aliphatic carbocycles. The van der Waals surface area contributed by atoms with Gasteiger partial charge in [0.25, 0.3) is 11.5 Å². The first-order chi connectivity index (χ1) is 9.34. The fourth-order valence-electron chi connectivity index (χ4n) is 2.51. The van der Waals surface area contributed by atoms with Crippen molar-refractivity contribution in [3.63, 3.8) is 0 Å². The summed E-state index contributed by atoms with van der Waals surface area (Å²) < 4.78 is 1.07. The number of nitrogens with one attached hydrogen (secondary N) is 1. The number of hydrogen-bond acceptors (Lipinski definition) is 4. The highest BCUT2D eigenvalue weighted by Gasteiger charge is 2.46. The maximum atomic E-state index is 12.1. The molecular formula is C13H17N3O4. The van der Waals surface area contributed by atoms with Crippen molar-refractivity contribution in [3.8, 4) is 0 Å². The van der Waals surface area contributed by atoms with Crippen molar-refractivity contribution in [1.29, 1.82) is 0 Å². The van der Waals surface area contributed by atoms with Crippen LogP contribution in [0.15, 0.2) is 16.9 Å². The molecule has 108 valence electrons. The number of amides is 1. The van der Waals surface area contributed by atoms with Gasteiger partial charge in [0.2, 0.25) is 0 Å². The van der Waals surface area contributed by atoms with Crippen LogP contribution in [-0.2, 0) is 11.8 Å². The van der Waals surface area contributed by atoms with E-state index in [4.69, 9.17) is 0 Å². The largest absolute Gasteiger partial charge is 0.481 e. The van der Waals surface area contributed by atoms with Crippen molar-refractivity contribution in [2.24, 2.45) is 12.5 Å². The van der Waals surface area contributed by atoms with Crippen LogP contribution in [0.25, 0.3) is 0 Å². The zero-order valence-corrected chi connectivity index (χ0v) is 11.4. The first kappa shape index (κ1) is 14.2. The summed E-state index contributed by atoms with van der Waals surface area (Å²) in [7, 11) is 1.45. The molecule has 0 radical (unpaired) electrons. The summed E-state index contributed by atoms with van der Waals surface area (Å²) in [5.41, 5.74) is -1.15. The van der Waals surface area contributed by atoms with E-state index < -0.39 is 23.3 Å². The second-order valence-corrected chi connectivity index (χ2v) is 5.32. The number of rotatable bonds is 3. The molecule has 7 heteroatoms. The van der Waals surface area contributed by atoms with Crippen molar-refractivity contribution < 1.29 is 14.7 Å². The van der Waals surface area contributed by atoms with E-state index in [9.17, 15) is 19.5 Å². The van der Waals surface area contributed by atoms with Crippen LogP contribution in [0.1, 0.15) is 36.7 Å². The van der Waals surface area contributed by atoms with Crippen molar-refractivity contribution in [2.45, 2.75) is 32.2 Å². The number of aromatic nitrogens is 2. The van der Waals surface area contributed by atoms with E-state index in [1.54, 1.807) is 6.92 Å². The SMILES string of the molecule is Cn1nc(C(=O)NC2CCCC2(C)C(=O)O)ccc1=O. The number of carboxylic acids is 1. The molecule has 0 spiro atoms. The van der Waals surface area contributed by atoms with Gasteiger partial charge in [0.05, 0.1) is 5.41 Å². The highest BCUT2D eigenvalue weighted by atomic mass is 16.4. The molecule has 0 saturated heterocycles. The molecule has 0 bridgehead atoms. The molecule has 1 saturated carbocycles. The van der Waals surface area contributed by atoms with Gasteiger partial charge in [-0.3, -0.25) is 14.4 Å². The van der Waals surface area contributed by atoms with Gasteiger partial charge in [0, 0.05) is 19.2 Å². The second-order valence-electron chi connectivity index (χ2n) is 5.32. The fourth-order valence-corrected chi connectivity index (χ4v) is 2.51. The summed E-state index contributed by atoms with van der Waals surface area (Å²) in [5, 5.41) is 15.9. The third-order valence-electron chi connectivity index (χ3n) is 3.94. The number of carboxylic acid groups (broad SMARTS) is 1. The Morgan fingerprint density at radius 3 is 2.80 bits per heavy atom. The van der Waals surface area contributed by atoms with E-state index in [-0.39, 0.29) is 11.3 Å². The Morgan fingerprint density at radius 2 is 2.20 bits per heavy atom. The Labute approximate surface area is 115 Å². The molecule has 1 heterocycles. The molecule has 1 aromatic rings. The molecule has 2 atom stereocenters. The van der Waals surface area contributed by atoms with Crippen molar-refractivity contribution in [3.05, 3.63) is 28.2 Å². The third-order valence-corrected chi connectivity index (χ3v) is 3.94. The third kappa shape index (κ3) is 2.43. The summed E-state index contributed by atoms with van der Waals surface area (Å²) in [6.45, 7) is 1.64. The van der Waals surface area contributed by atoms with Gasteiger partial charge in [-0.05, 0) is 25.8 Å². The zero-order chi connectivity index (χ0) is 14.9. The minimum atomic E-state index is -0.948. The number of carbonyl (C=O) groups is 2. The van der Waals surface area contributed by atoms with Gasteiger partial charge < -0.3 is 10.4 Å². The van der Waals surface area contributed by atoms with Gasteiger partial charge >= 0.3 is 5.97 Å². The molecule has 2 N–H and O–H groups in total. The summed E-state index contributed by atoms with van der Waals surface area (Å²) in [6, 6.07) is 2.17. The van der Waals surface area contributed by atoms with E-state index in [1.807, 2.05) is 0 Å². The first-order valence-electron chi connectivity index (χ1n) is 6.43. The Morgan fingerprint density at radius 1 is 1.50 bits per heavy atom. The van der Waals surface area contributed by atoms with Gasteiger partial charge in [-0.1, -0.05) is 6.42 Å². The van der Waals surface area contributed by atoms with E-state index in [0.717, 1.165) is 11.1 Å². The molecule has 2 unspecified atom stereocenters. The lowest BCUT2D eigenvalue weighted by molar-refractivity contribution is -0.148. The van der Waals surface area contributed by atoms with Crippen LogP contribution in [-0.4, -0.2) is 32.8 Å². The monoisotopic (exact) mass is 279 g/mol. The number of aryl methyl sites for hydroxylation is 1. The van der Waals surface area contributed by atoms with Crippen LogP contribution < -0.4 is 10.9 Å². The van der Waals surface area contributed by atoms with Crippen LogP contribution in [0.5, 0.6) is 0 Å².